The monoisotopic (exact) mass is 473 g/mol. The van der Waals surface area contributed by atoms with Crippen molar-refractivity contribution in [2.45, 2.75) is 39.7 Å². The van der Waals surface area contributed by atoms with Gasteiger partial charge in [-0.25, -0.2) is 0 Å². The third kappa shape index (κ3) is 5.90. The SMILES string of the molecule is Cc1ccc(CN2CCC(CNC(=O)C3CCN(c4nc(-c5cccc(C)c5)no4)CC3)C2)cc1. The fraction of sp³-hybridized carbons (Fsp3) is 0.464. The molecule has 184 valence electrons. The molecule has 0 aliphatic carbocycles. The van der Waals surface area contributed by atoms with Crippen LogP contribution < -0.4 is 10.2 Å². The molecule has 3 aromatic rings. The van der Waals surface area contributed by atoms with E-state index in [0.29, 0.717) is 17.8 Å². The Morgan fingerprint density at radius 3 is 2.60 bits per heavy atom. The third-order valence-corrected chi connectivity index (χ3v) is 7.29. The van der Waals surface area contributed by atoms with E-state index in [4.69, 9.17) is 4.52 Å². The number of hydrogen-bond donors (Lipinski definition) is 1. The Labute approximate surface area is 207 Å². The highest BCUT2D eigenvalue weighted by Gasteiger charge is 2.29. The average Bonchev–Trinajstić information content (AvgIpc) is 3.54. The van der Waals surface area contributed by atoms with Crippen molar-refractivity contribution in [2.75, 3.05) is 37.6 Å². The summed E-state index contributed by atoms with van der Waals surface area (Å²) in [6, 6.07) is 17.4. The lowest BCUT2D eigenvalue weighted by atomic mass is 9.96. The van der Waals surface area contributed by atoms with Crippen molar-refractivity contribution in [2.24, 2.45) is 11.8 Å². The number of nitrogens with one attached hydrogen (secondary N) is 1. The summed E-state index contributed by atoms with van der Waals surface area (Å²) in [7, 11) is 0. The van der Waals surface area contributed by atoms with Crippen LogP contribution in [0.1, 0.15) is 36.0 Å². The smallest absolute Gasteiger partial charge is 0.324 e. The Bertz CT molecular complexity index is 1130. The second-order valence-electron chi connectivity index (χ2n) is 10.2. The molecule has 2 aliphatic heterocycles. The number of anilines is 1. The minimum Gasteiger partial charge on any atom is -0.356 e. The van der Waals surface area contributed by atoms with Gasteiger partial charge < -0.3 is 14.7 Å². The van der Waals surface area contributed by atoms with E-state index < -0.39 is 0 Å². The molecule has 0 bridgehead atoms. The molecular weight excluding hydrogens is 438 g/mol. The number of hydrogen-bond acceptors (Lipinski definition) is 6. The number of carbonyl (C=O) groups is 1. The van der Waals surface area contributed by atoms with Gasteiger partial charge in [0.2, 0.25) is 11.7 Å². The lowest BCUT2D eigenvalue weighted by Crippen LogP contribution is -2.42. The van der Waals surface area contributed by atoms with Gasteiger partial charge in [-0.15, -0.1) is 0 Å². The van der Waals surface area contributed by atoms with Gasteiger partial charge in [-0.05, 0) is 57.2 Å². The largest absolute Gasteiger partial charge is 0.356 e. The molecule has 5 rings (SSSR count). The molecule has 2 aromatic carbocycles. The number of nitrogens with zero attached hydrogens (tertiary/aromatic N) is 4. The quantitative estimate of drug-likeness (QED) is 0.554. The number of amides is 1. The number of carbonyl (C=O) groups excluding carboxylic acids is 1. The van der Waals surface area contributed by atoms with E-state index in [1.54, 1.807) is 0 Å². The lowest BCUT2D eigenvalue weighted by Gasteiger charge is -2.30. The molecule has 7 heteroatoms. The number of likely N-dealkylation sites (tertiary alicyclic amines) is 1. The summed E-state index contributed by atoms with van der Waals surface area (Å²) >= 11 is 0. The molecule has 1 N–H and O–H groups in total. The van der Waals surface area contributed by atoms with Crippen molar-refractivity contribution in [3.63, 3.8) is 0 Å². The van der Waals surface area contributed by atoms with Crippen LogP contribution in [0.2, 0.25) is 0 Å². The zero-order chi connectivity index (χ0) is 24.2. The van der Waals surface area contributed by atoms with Crippen LogP contribution in [-0.2, 0) is 11.3 Å². The fourth-order valence-electron chi connectivity index (χ4n) is 5.14. The summed E-state index contributed by atoms with van der Waals surface area (Å²) < 4.78 is 5.53. The van der Waals surface area contributed by atoms with Crippen LogP contribution in [0.5, 0.6) is 0 Å². The number of benzene rings is 2. The Kier molecular flexibility index (Phi) is 7.13. The molecule has 1 atom stereocenters. The van der Waals surface area contributed by atoms with Crippen molar-refractivity contribution in [3.8, 4) is 11.4 Å². The molecule has 7 nitrogen and oxygen atoms in total. The topological polar surface area (TPSA) is 74.5 Å². The van der Waals surface area contributed by atoms with Gasteiger partial charge >= 0.3 is 6.01 Å². The standard InChI is InChI=1S/C28H35N5O2/c1-20-6-8-22(9-7-20)18-32-13-10-23(19-32)17-29-27(34)24-11-14-33(15-12-24)28-30-26(31-35-28)25-5-3-4-21(2)16-25/h3-9,16,23-24H,10-15,17-19H2,1-2H3,(H,29,34). The summed E-state index contributed by atoms with van der Waals surface area (Å²) in [5.74, 6) is 1.38. The first-order valence-corrected chi connectivity index (χ1v) is 12.7. The normalized spacial score (nSPS) is 19.3. The summed E-state index contributed by atoms with van der Waals surface area (Å²) in [5, 5.41) is 7.39. The van der Waals surface area contributed by atoms with Crippen LogP contribution in [0, 0.1) is 25.7 Å². The number of rotatable bonds is 7. The second-order valence-corrected chi connectivity index (χ2v) is 10.2. The Balaban J connectivity index is 1.05. The van der Waals surface area contributed by atoms with Gasteiger partial charge in [-0.1, -0.05) is 58.7 Å². The van der Waals surface area contributed by atoms with Crippen LogP contribution in [0.15, 0.2) is 53.1 Å². The summed E-state index contributed by atoms with van der Waals surface area (Å²) in [6.07, 6.45) is 2.75. The van der Waals surface area contributed by atoms with Gasteiger partial charge in [-0.3, -0.25) is 9.69 Å². The second kappa shape index (κ2) is 10.6. The Morgan fingerprint density at radius 2 is 1.83 bits per heavy atom. The predicted octanol–water partition coefficient (Wildman–Crippen LogP) is 4.21. The highest BCUT2D eigenvalue weighted by Crippen LogP contribution is 2.25. The van der Waals surface area contributed by atoms with Crippen molar-refractivity contribution >= 4 is 11.9 Å². The van der Waals surface area contributed by atoms with E-state index in [-0.39, 0.29) is 11.8 Å². The van der Waals surface area contributed by atoms with Gasteiger partial charge in [-0.2, -0.15) is 4.98 Å². The van der Waals surface area contributed by atoms with Crippen LogP contribution in [0.25, 0.3) is 11.4 Å². The molecule has 0 spiro atoms. The summed E-state index contributed by atoms with van der Waals surface area (Å²) in [4.78, 5) is 22.0. The van der Waals surface area contributed by atoms with Gasteiger partial charge in [0, 0.05) is 44.2 Å². The molecule has 0 radical (unpaired) electrons. The molecule has 2 fully saturated rings. The number of aromatic nitrogens is 2. The van der Waals surface area contributed by atoms with Crippen molar-refractivity contribution in [1.29, 1.82) is 0 Å². The van der Waals surface area contributed by atoms with Crippen molar-refractivity contribution < 1.29 is 9.32 Å². The fourth-order valence-corrected chi connectivity index (χ4v) is 5.14. The van der Waals surface area contributed by atoms with Crippen LogP contribution >= 0.6 is 0 Å². The third-order valence-electron chi connectivity index (χ3n) is 7.29. The molecule has 35 heavy (non-hydrogen) atoms. The highest BCUT2D eigenvalue weighted by molar-refractivity contribution is 5.79. The van der Waals surface area contributed by atoms with E-state index in [0.717, 1.165) is 69.7 Å². The van der Waals surface area contributed by atoms with Crippen LogP contribution in [-0.4, -0.2) is 53.7 Å². The first-order chi connectivity index (χ1) is 17.0. The lowest BCUT2D eigenvalue weighted by molar-refractivity contribution is -0.125. The van der Waals surface area contributed by atoms with Crippen LogP contribution in [0.3, 0.4) is 0 Å². The maximum atomic E-state index is 12.8. The molecule has 2 aliphatic rings. The Morgan fingerprint density at radius 1 is 1.03 bits per heavy atom. The first kappa shape index (κ1) is 23.5. The van der Waals surface area contributed by atoms with E-state index >= 15 is 0 Å². The predicted molar refractivity (Wildman–Crippen MR) is 137 cm³/mol. The van der Waals surface area contributed by atoms with Gasteiger partial charge in [0.25, 0.3) is 0 Å². The highest BCUT2D eigenvalue weighted by atomic mass is 16.5. The molecule has 1 aromatic heterocycles. The summed E-state index contributed by atoms with van der Waals surface area (Å²) in [5.41, 5.74) is 4.78. The maximum Gasteiger partial charge on any atom is 0.324 e. The number of piperidine rings is 1. The van der Waals surface area contributed by atoms with Crippen molar-refractivity contribution in [1.82, 2.24) is 20.4 Å². The first-order valence-electron chi connectivity index (χ1n) is 12.7. The van der Waals surface area contributed by atoms with E-state index in [1.807, 2.05) is 12.1 Å². The van der Waals surface area contributed by atoms with Gasteiger partial charge in [0.15, 0.2) is 0 Å². The molecular formula is C28H35N5O2. The van der Waals surface area contributed by atoms with Gasteiger partial charge in [0.1, 0.15) is 0 Å². The van der Waals surface area contributed by atoms with Gasteiger partial charge in [0.05, 0.1) is 0 Å². The van der Waals surface area contributed by atoms with E-state index in [9.17, 15) is 4.79 Å². The minimum atomic E-state index is 0.0514. The van der Waals surface area contributed by atoms with Crippen LogP contribution in [0.4, 0.5) is 6.01 Å². The zero-order valence-electron chi connectivity index (χ0n) is 20.7. The summed E-state index contributed by atoms with van der Waals surface area (Å²) in [6.45, 7) is 9.58. The van der Waals surface area contributed by atoms with E-state index in [1.165, 1.54) is 11.1 Å². The minimum absolute atomic E-state index is 0.0514. The molecule has 0 saturated carbocycles. The number of aryl methyl sites for hydroxylation is 2. The maximum absolute atomic E-state index is 12.8. The zero-order valence-corrected chi connectivity index (χ0v) is 20.7. The average molecular weight is 474 g/mol. The molecule has 3 heterocycles. The molecule has 2 saturated heterocycles. The molecule has 1 unspecified atom stereocenters. The Hall–Kier alpha value is -3.19. The molecule has 1 amide bonds. The van der Waals surface area contributed by atoms with Crippen molar-refractivity contribution in [3.05, 3.63) is 65.2 Å². The van der Waals surface area contributed by atoms with E-state index in [2.05, 4.69) is 75.5 Å².